The van der Waals surface area contributed by atoms with Crippen molar-refractivity contribution in [1.82, 2.24) is 19.7 Å². The average Bonchev–Trinajstić information content (AvgIpc) is 3.16. The van der Waals surface area contributed by atoms with E-state index in [1.54, 1.807) is 19.3 Å². The van der Waals surface area contributed by atoms with E-state index in [0.717, 1.165) is 22.4 Å². The molecule has 150 valence electrons. The number of ketones is 1. The summed E-state index contributed by atoms with van der Waals surface area (Å²) in [6, 6.07) is 19.9. The van der Waals surface area contributed by atoms with Gasteiger partial charge in [-0.05, 0) is 50.1 Å². The number of rotatable bonds is 6. The standard InChI is InChI=1S/C24H22N4OS/c1-16-11-12-21(17(2)14-16)28-23(20-10-7-13-25-15-20)26-27-24(28)30-22(18(3)29)19-8-5-4-6-9-19/h4-15,22H,1-3H3/t22-/m0/s1. The van der Waals surface area contributed by atoms with Crippen molar-refractivity contribution < 1.29 is 4.79 Å². The Bertz CT molecular complexity index is 1170. The van der Waals surface area contributed by atoms with E-state index in [1.165, 1.54) is 17.3 Å². The number of benzene rings is 2. The van der Waals surface area contributed by atoms with Crippen LogP contribution in [0.5, 0.6) is 0 Å². The van der Waals surface area contributed by atoms with Crippen LogP contribution in [0.1, 0.15) is 28.9 Å². The van der Waals surface area contributed by atoms with Crippen LogP contribution in [0.2, 0.25) is 0 Å². The predicted molar refractivity (Wildman–Crippen MR) is 120 cm³/mol. The summed E-state index contributed by atoms with van der Waals surface area (Å²) in [5.74, 6) is 0.775. The minimum atomic E-state index is -0.360. The second-order valence-corrected chi connectivity index (χ2v) is 8.26. The van der Waals surface area contributed by atoms with Crippen LogP contribution < -0.4 is 0 Å². The van der Waals surface area contributed by atoms with Gasteiger partial charge in [-0.3, -0.25) is 14.3 Å². The quantitative estimate of drug-likeness (QED) is 0.397. The predicted octanol–water partition coefficient (Wildman–Crippen LogP) is 5.37. The lowest BCUT2D eigenvalue weighted by molar-refractivity contribution is -0.116. The minimum Gasteiger partial charge on any atom is -0.298 e. The molecule has 4 aromatic rings. The van der Waals surface area contributed by atoms with Gasteiger partial charge in [0.15, 0.2) is 11.0 Å². The fourth-order valence-electron chi connectivity index (χ4n) is 3.42. The molecule has 5 nitrogen and oxygen atoms in total. The normalized spacial score (nSPS) is 12.0. The van der Waals surface area contributed by atoms with Crippen LogP contribution in [0.25, 0.3) is 17.1 Å². The summed E-state index contributed by atoms with van der Waals surface area (Å²) in [4.78, 5) is 16.7. The molecule has 0 radical (unpaired) electrons. The average molecular weight is 415 g/mol. The molecule has 0 saturated carbocycles. The van der Waals surface area contributed by atoms with Crippen molar-refractivity contribution in [2.45, 2.75) is 31.2 Å². The Labute approximate surface area is 180 Å². The zero-order valence-corrected chi connectivity index (χ0v) is 17.9. The van der Waals surface area contributed by atoms with Gasteiger partial charge in [0.05, 0.1) is 10.9 Å². The Morgan fingerprint density at radius 2 is 1.80 bits per heavy atom. The van der Waals surface area contributed by atoms with Crippen LogP contribution in [-0.4, -0.2) is 25.5 Å². The molecule has 2 aromatic heterocycles. The van der Waals surface area contributed by atoms with E-state index in [9.17, 15) is 4.79 Å². The molecule has 2 heterocycles. The molecule has 0 aliphatic rings. The number of carbonyl (C=O) groups is 1. The minimum absolute atomic E-state index is 0.0734. The van der Waals surface area contributed by atoms with Crippen LogP contribution in [0, 0.1) is 13.8 Å². The Kier molecular flexibility index (Phi) is 5.77. The molecule has 0 N–H and O–H groups in total. The summed E-state index contributed by atoms with van der Waals surface area (Å²) in [7, 11) is 0. The lowest BCUT2D eigenvalue weighted by Gasteiger charge is -2.17. The summed E-state index contributed by atoms with van der Waals surface area (Å²) in [5.41, 5.74) is 5.11. The third-order valence-electron chi connectivity index (χ3n) is 4.84. The second-order valence-electron chi connectivity index (χ2n) is 7.19. The summed E-state index contributed by atoms with van der Waals surface area (Å²) >= 11 is 1.42. The molecular formula is C24H22N4OS. The number of nitrogens with zero attached hydrogens (tertiary/aromatic N) is 4. The highest BCUT2D eigenvalue weighted by Crippen LogP contribution is 2.38. The van der Waals surface area contributed by atoms with Crippen molar-refractivity contribution in [2.75, 3.05) is 0 Å². The first-order valence-corrected chi connectivity index (χ1v) is 10.6. The first kappa shape index (κ1) is 20.0. The Morgan fingerprint density at radius 1 is 1.00 bits per heavy atom. The number of hydrogen-bond donors (Lipinski definition) is 0. The summed E-state index contributed by atoms with van der Waals surface area (Å²) in [5, 5.41) is 9.26. The fourth-order valence-corrected chi connectivity index (χ4v) is 4.47. The van der Waals surface area contributed by atoms with Gasteiger partial charge in [-0.2, -0.15) is 0 Å². The van der Waals surface area contributed by atoms with Crippen molar-refractivity contribution in [2.24, 2.45) is 0 Å². The SMILES string of the molecule is CC(=O)[C@H](Sc1nnc(-c2cccnc2)n1-c1ccc(C)cc1C)c1ccccc1. The number of hydrogen-bond acceptors (Lipinski definition) is 5. The van der Waals surface area contributed by atoms with Gasteiger partial charge in [-0.1, -0.05) is 59.8 Å². The third-order valence-corrected chi connectivity index (χ3v) is 6.16. The molecule has 0 fully saturated rings. The molecule has 0 amide bonds. The molecule has 2 aromatic carbocycles. The highest BCUT2D eigenvalue weighted by atomic mass is 32.2. The van der Waals surface area contributed by atoms with E-state index in [0.29, 0.717) is 11.0 Å². The number of Topliss-reactive ketones (excluding diaryl/α,β-unsaturated/α-hetero) is 1. The first-order chi connectivity index (χ1) is 14.5. The molecule has 1 atom stereocenters. The summed E-state index contributed by atoms with van der Waals surface area (Å²) in [6.07, 6.45) is 3.51. The van der Waals surface area contributed by atoms with E-state index in [4.69, 9.17) is 0 Å². The van der Waals surface area contributed by atoms with Gasteiger partial charge in [0.1, 0.15) is 5.78 Å². The van der Waals surface area contributed by atoms with Gasteiger partial charge in [-0.25, -0.2) is 0 Å². The number of pyridine rings is 1. The number of aryl methyl sites for hydroxylation is 2. The van der Waals surface area contributed by atoms with Crippen LogP contribution in [-0.2, 0) is 4.79 Å². The fraction of sp³-hybridized carbons (Fsp3) is 0.167. The molecule has 6 heteroatoms. The van der Waals surface area contributed by atoms with Gasteiger partial charge in [0.2, 0.25) is 0 Å². The monoisotopic (exact) mass is 414 g/mol. The van der Waals surface area contributed by atoms with Crippen LogP contribution in [0.4, 0.5) is 0 Å². The molecule has 0 spiro atoms. The van der Waals surface area contributed by atoms with Crippen LogP contribution in [0.3, 0.4) is 0 Å². The van der Waals surface area contributed by atoms with Gasteiger partial charge >= 0.3 is 0 Å². The van der Waals surface area contributed by atoms with Crippen molar-refractivity contribution >= 4 is 17.5 Å². The van der Waals surface area contributed by atoms with Crippen molar-refractivity contribution in [1.29, 1.82) is 0 Å². The zero-order valence-electron chi connectivity index (χ0n) is 17.1. The van der Waals surface area contributed by atoms with E-state index < -0.39 is 0 Å². The topological polar surface area (TPSA) is 60.7 Å². The van der Waals surface area contributed by atoms with E-state index in [-0.39, 0.29) is 11.0 Å². The van der Waals surface area contributed by atoms with Crippen molar-refractivity contribution in [3.8, 4) is 17.1 Å². The van der Waals surface area contributed by atoms with Crippen LogP contribution >= 0.6 is 11.8 Å². The maximum atomic E-state index is 12.5. The summed E-state index contributed by atoms with van der Waals surface area (Å²) < 4.78 is 2.02. The van der Waals surface area contributed by atoms with Gasteiger partial charge in [0, 0.05) is 18.0 Å². The lowest BCUT2D eigenvalue weighted by Crippen LogP contribution is -2.08. The number of carbonyl (C=O) groups excluding carboxylic acids is 1. The molecule has 0 aliphatic carbocycles. The molecule has 0 unspecified atom stereocenters. The van der Waals surface area contributed by atoms with Gasteiger partial charge in [-0.15, -0.1) is 10.2 Å². The summed E-state index contributed by atoms with van der Waals surface area (Å²) in [6.45, 7) is 5.76. The van der Waals surface area contributed by atoms with E-state index in [1.807, 2.05) is 47.0 Å². The first-order valence-electron chi connectivity index (χ1n) is 9.70. The smallest absolute Gasteiger partial charge is 0.197 e. The van der Waals surface area contributed by atoms with E-state index >= 15 is 0 Å². The second kappa shape index (κ2) is 8.63. The molecule has 0 aliphatic heterocycles. The van der Waals surface area contributed by atoms with E-state index in [2.05, 4.69) is 47.2 Å². The highest BCUT2D eigenvalue weighted by Gasteiger charge is 2.24. The zero-order chi connectivity index (χ0) is 21.1. The Morgan fingerprint density at radius 3 is 2.47 bits per heavy atom. The molecule has 0 bridgehead atoms. The molecule has 4 rings (SSSR count). The highest BCUT2D eigenvalue weighted by molar-refractivity contribution is 8.00. The largest absolute Gasteiger partial charge is 0.298 e. The van der Waals surface area contributed by atoms with Crippen molar-refractivity contribution in [3.63, 3.8) is 0 Å². The van der Waals surface area contributed by atoms with Gasteiger partial charge < -0.3 is 0 Å². The molecule has 30 heavy (non-hydrogen) atoms. The maximum Gasteiger partial charge on any atom is 0.197 e. The maximum absolute atomic E-state index is 12.5. The third kappa shape index (κ3) is 4.04. The number of thioether (sulfide) groups is 1. The molecular weight excluding hydrogens is 392 g/mol. The van der Waals surface area contributed by atoms with Gasteiger partial charge in [0.25, 0.3) is 0 Å². The Balaban J connectivity index is 1.86. The van der Waals surface area contributed by atoms with Crippen molar-refractivity contribution in [3.05, 3.63) is 89.7 Å². The Hall–Kier alpha value is -3.25. The number of aromatic nitrogens is 4. The molecule has 0 saturated heterocycles. The lowest BCUT2D eigenvalue weighted by atomic mass is 10.1. The van der Waals surface area contributed by atoms with Crippen LogP contribution in [0.15, 0.2) is 78.2 Å².